The zero-order chi connectivity index (χ0) is 12.4. The first-order chi connectivity index (χ1) is 8.08. The van der Waals surface area contributed by atoms with Crippen LogP contribution in [-0.4, -0.2) is 17.9 Å². The van der Waals surface area contributed by atoms with Crippen molar-refractivity contribution in [2.24, 2.45) is 0 Å². The van der Waals surface area contributed by atoms with E-state index in [9.17, 15) is 9.59 Å². The van der Waals surface area contributed by atoms with Crippen LogP contribution in [0.4, 0.5) is 0 Å². The first kappa shape index (κ1) is 11.8. The number of carbonyl (C=O) groups excluding carboxylic acids is 2. The van der Waals surface area contributed by atoms with Gasteiger partial charge in [-0.2, -0.15) is 0 Å². The van der Waals surface area contributed by atoms with E-state index in [1.54, 1.807) is 0 Å². The van der Waals surface area contributed by atoms with Crippen LogP contribution in [0.2, 0.25) is 0 Å². The van der Waals surface area contributed by atoms with Gasteiger partial charge in [0.1, 0.15) is 0 Å². The van der Waals surface area contributed by atoms with Crippen LogP contribution >= 0.6 is 0 Å². The van der Waals surface area contributed by atoms with Gasteiger partial charge in [0.25, 0.3) is 0 Å². The van der Waals surface area contributed by atoms with Gasteiger partial charge in [-0.15, -0.1) is 0 Å². The summed E-state index contributed by atoms with van der Waals surface area (Å²) >= 11 is 0. The fourth-order valence-electron chi connectivity index (χ4n) is 2.24. The van der Waals surface area contributed by atoms with Gasteiger partial charge in [0.2, 0.25) is 0 Å². The average molecular weight is 232 g/mol. The van der Waals surface area contributed by atoms with Crippen LogP contribution in [-0.2, 0) is 9.53 Å². The number of Topliss-reactive ketones (excluding diaryl/α,β-unsaturated/α-hetero) is 1. The zero-order valence-corrected chi connectivity index (χ0v) is 10.1. The van der Waals surface area contributed by atoms with E-state index in [2.05, 4.69) is 0 Å². The highest BCUT2D eigenvalue weighted by Gasteiger charge is 2.30. The van der Waals surface area contributed by atoms with Crippen LogP contribution < -0.4 is 0 Å². The highest BCUT2D eigenvalue weighted by atomic mass is 16.5. The van der Waals surface area contributed by atoms with Gasteiger partial charge in [-0.1, -0.05) is 24.3 Å². The lowest BCUT2D eigenvalue weighted by Gasteiger charge is -2.12. The summed E-state index contributed by atoms with van der Waals surface area (Å²) < 4.78 is 5.11. The molecule has 0 bridgehead atoms. The van der Waals surface area contributed by atoms with Crippen molar-refractivity contribution in [2.75, 3.05) is 0 Å². The van der Waals surface area contributed by atoms with Crippen LogP contribution in [0.3, 0.4) is 0 Å². The molecule has 90 valence electrons. The van der Waals surface area contributed by atoms with Crippen molar-refractivity contribution in [2.45, 2.75) is 38.7 Å². The van der Waals surface area contributed by atoms with Gasteiger partial charge >= 0.3 is 5.97 Å². The second-order valence-corrected chi connectivity index (χ2v) is 4.65. The minimum atomic E-state index is -0.227. The van der Waals surface area contributed by atoms with Gasteiger partial charge < -0.3 is 4.74 Å². The average Bonchev–Trinajstić information content (AvgIpc) is 2.55. The SMILES string of the molecule is CC(C)OC(=O)CC1CC(=O)c2ccccc21. The molecule has 3 heteroatoms. The van der Waals surface area contributed by atoms with Crippen molar-refractivity contribution in [3.05, 3.63) is 35.4 Å². The third-order valence-corrected chi connectivity index (χ3v) is 2.91. The van der Waals surface area contributed by atoms with Gasteiger partial charge in [-0.05, 0) is 19.4 Å². The summed E-state index contributed by atoms with van der Waals surface area (Å²) in [6.07, 6.45) is 0.614. The van der Waals surface area contributed by atoms with Crippen molar-refractivity contribution in [1.82, 2.24) is 0 Å². The van der Waals surface area contributed by atoms with E-state index in [0.29, 0.717) is 12.8 Å². The molecule has 1 aromatic rings. The molecular weight excluding hydrogens is 216 g/mol. The monoisotopic (exact) mass is 232 g/mol. The van der Waals surface area contributed by atoms with Crippen LogP contribution in [0.5, 0.6) is 0 Å². The Balaban J connectivity index is 2.10. The Morgan fingerprint density at radius 2 is 2.12 bits per heavy atom. The Labute approximate surface area is 101 Å². The number of hydrogen-bond acceptors (Lipinski definition) is 3. The minimum Gasteiger partial charge on any atom is -0.463 e. The second kappa shape index (κ2) is 4.70. The highest BCUT2D eigenvalue weighted by molar-refractivity contribution is 6.01. The lowest BCUT2D eigenvalue weighted by Crippen LogP contribution is -2.14. The van der Waals surface area contributed by atoms with Gasteiger partial charge in [-0.25, -0.2) is 0 Å². The summed E-state index contributed by atoms with van der Waals surface area (Å²) in [7, 11) is 0. The summed E-state index contributed by atoms with van der Waals surface area (Å²) in [5, 5.41) is 0. The maximum atomic E-state index is 11.7. The van der Waals surface area contributed by atoms with Crippen molar-refractivity contribution in [3.8, 4) is 0 Å². The molecule has 17 heavy (non-hydrogen) atoms. The van der Waals surface area contributed by atoms with E-state index in [1.165, 1.54) is 0 Å². The Kier molecular flexibility index (Phi) is 3.27. The molecule has 0 amide bonds. The molecule has 0 heterocycles. The largest absolute Gasteiger partial charge is 0.463 e. The Bertz CT molecular complexity index is 449. The van der Waals surface area contributed by atoms with Crippen molar-refractivity contribution in [1.29, 1.82) is 0 Å². The predicted octanol–water partition coefficient (Wildman–Crippen LogP) is 2.70. The molecular formula is C14H16O3. The van der Waals surface area contributed by atoms with Crippen LogP contribution in [0.25, 0.3) is 0 Å². The molecule has 0 N–H and O–H groups in total. The summed E-state index contributed by atoms with van der Waals surface area (Å²) in [6.45, 7) is 3.65. The summed E-state index contributed by atoms with van der Waals surface area (Å²) in [5.41, 5.74) is 1.74. The standard InChI is InChI=1S/C14H16O3/c1-9(2)17-14(16)8-10-7-13(15)12-6-4-3-5-11(10)12/h3-6,9-10H,7-8H2,1-2H3. The molecule has 0 fully saturated rings. The molecule has 1 aromatic carbocycles. The Morgan fingerprint density at radius 1 is 1.41 bits per heavy atom. The van der Waals surface area contributed by atoms with Gasteiger partial charge in [0.05, 0.1) is 12.5 Å². The van der Waals surface area contributed by atoms with Crippen LogP contribution in [0, 0.1) is 0 Å². The van der Waals surface area contributed by atoms with Crippen LogP contribution in [0.15, 0.2) is 24.3 Å². The van der Waals surface area contributed by atoms with Crippen molar-refractivity contribution >= 4 is 11.8 Å². The number of fused-ring (bicyclic) bond motifs is 1. The number of hydrogen-bond donors (Lipinski definition) is 0. The molecule has 1 atom stereocenters. The zero-order valence-electron chi connectivity index (χ0n) is 10.1. The molecule has 0 spiro atoms. The fourth-order valence-corrected chi connectivity index (χ4v) is 2.24. The summed E-state index contributed by atoms with van der Waals surface area (Å²) in [5.74, 6) is -0.109. The van der Waals surface area contributed by atoms with Gasteiger partial charge in [0, 0.05) is 17.9 Å². The number of ether oxygens (including phenoxy) is 1. The number of ketones is 1. The van der Waals surface area contributed by atoms with Gasteiger partial charge in [-0.3, -0.25) is 9.59 Å². The Hall–Kier alpha value is -1.64. The molecule has 1 aliphatic carbocycles. The number of esters is 1. The Morgan fingerprint density at radius 3 is 2.82 bits per heavy atom. The molecule has 0 saturated carbocycles. The van der Waals surface area contributed by atoms with E-state index >= 15 is 0 Å². The fraction of sp³-hybridized carbons (Fsp3) is 0.429. The van der Waals surface area contributed by atoms with Crippen LogP contribution in [0.1, 0.15) is 48.5 Å². The first-order valence-electron chi connectivity index (χ1n) is 5.89. The lowest BCUT2D eigenvalue weighted by molar-refractivity contribution is -0.147. The highest BCUT2D eigenvalue weighted by Crippen LogP contribution is 2.35. The maximum absolute atomic E-state index is 11.7. The second-order valence-electron chi connectivity index (χ2n) is 4.65. The lowest BCUT2D eigenvalue weighted by atomic mass is 9.98. The predicted molar refractivity (Wildman–Crippen MR) is 64.0 cm³/mol. The number of carbonyl (C=O) groups is 2. The molecule has 0 radical (unpaired) electrons. The number of benzene rings is 1. The quantitative estimate of drug-likeness (QED) is 0.752. The molecule has 0 aliphatic heterocycles. The maximum Gasteiger partial charge on any atom is 0.306 e. The minimum absolute atomic E-state index is 0.00931. The van der Waals surface area contributed by atoms with Crippen molar-refractivity contribution in [3.63, 3.8) is 0 Å². The first-order valence-corrected chi connectivity index (χ1v) is 5.89. The summed E-state index contributed by atoms with van der Waals surface area (Å²) in [6, 6.07) is 7.50. The molecule has 0 aromatic heterocycles. The smallest absolute Gasteiger partial charge is 0.306 e. The molecule has 0 saturated heterocycles. The van der Waals surface area contributed by atoms with E-state index < -0.39 is 0 Å². The molecule has 3 nitrogen and oxygen atoms in total. The van der Waals surface area contributed by atoms with Crippen molar-refractivity contribution < 1.29 is 14.3 Å². The van der Waals surface area contributed by atoms with E-state index in [4.69, 9.17) is 4.74 Å². The van der Waals surface area contributed by atoms with E-state index in [0.717, 1.165) is 11.1 Å². The molecule has 2 rings (SSSR count). The molecule has 1 unspecified atom stereocenters. The van der Waals surface area contributed by atoms with E-state index in [-0.39, 0.29) is 23.8 Å². The number of rotatable bonds is 3. The third kappa shape index (κ3) is 2.54. The van der Waals surface area contributed by atoms with E-state index in [1.807, 2.05) is 38.1 Å². The van der Waals surface area contributed by atoms with Gasteiger partial charge in [0.15, 0.2) is 5.78 Å². The normalized spacial score (nSPS) is 18.3. The topological polar surface area (TPSA) is 43.4 Å². The summed E-state index contributed by atoms with van der Waals surface area (Å²) in [4.78, 5) is 23.3. The third-order valence-electron chi connectivity index (χ3n) is 2.91. The molecule has 1 aliphatic rings.